The van der Waals surface area contributed by atoms with Gasteiger partial charge in [-0.3, -0.25) is 14.5 Å². The molecule has 1 saturated carbocycles. The second-order valence-corrected chi connectivity index (χ2v) is 21.1. The van der Waals surface area contributed by atoms with Crippen molar-refractivity contribution in [3.05, 3.63) is 118 Å². The molecular weight excluding hydrogens is 884 g/mol. The van der Waals surface area contributed by atoms with E-state index in [2.05, 4.69) is 44.1 Å². The fourth-order valence-corrected chi connectivity index (χ4v) is 10.1. The van der Waals surface area contributed by atoms with Gasteiger partial charge in [0.15, 0.2) is 15.4 Å². The van der Waals surface area contributed by atoms with Crippen LogP contribution < -0.4 is 10.2 Å². The molecule has 1 aliphatic rings. The third-order valence-corrected chi connectivity index (χ3v) is 14.5. The van der Waals surface area contributed by atoms with Crippen LogP contribution in [0, 0.1) is 18.3 Å². The van der Waals surface area contributed by atoms with Crippen LogP contribution in [0.15, 0.2) is 94.2 Å². The van der Waals surface area contributed by atoms with Crippen LogP contribution in [0.25, 0.3) is 22.7 Å². The number of hydrogen-bond acceptors (Lipinski definition) is 9. The van der Waals surface area contributed by atoms with Gasteiger partial charge in [0.05, 0.1) is 21.4 Å². The van der Waals surface area contributed by atoms with Gasteiger partial charge in [0.1, 0.15) is 17.2 Å². The normalized spacial score (nSPS) is 13.9. The largest absolute Gasteiger partial charge is 0.435 e. The first-order valence-electron chi connectivity index (χ1n) is 23.7. The molecule has 0 saturated heterocycles. The van der Waals surface area contributed by atoms with E-state index in [9.17, 15) is 28.1 Å². The van der Waals surface area contributed by atoms with Crippen LogP contribution in [-0.2, 0) is 24.8 Å². The SMILES string of the molecule is CCCCCCCCCCCCS(=O)(=O)c1ccc(NC(=O)C(OC(=O)N(c2ccc(/C=C(\C#N)c3nc4cc(C(C)(C)C)ccc4o3)c(C)c2)C2CCCC2)C(=O)c2ccccc2)c(Cl)c1. The van der Waals surface area contributed by atoms with E-state index in [4.69, 9.17) is 20.8 Å². The number of carbonyl (C=O) groups excluding carboxylic acids is 3. The Bertz CT molecular complexity index is 2710. The van der Waals surface area contributed by atoms with Crippen molar-refractivity contribution in [1.82, 2.24) is 4.98 Å². The number of aromatic nitrogens is 1. The van der Waals surface area contributed by atoms with Gasteiger partial charge in [0.25, 0.3) is 5.91 Å². The number of aryl methyl sites for hydroxylation is 1. The standard InChI is InChI=1S/C54H63ClN4O7S/c1-6-7-8-9-10-11-12-13-14-20-31-67(63,64)44-28-29-46(45(55)35-44)57-51(61)50(49(60)38-21-16-15-17-22-38)66-53(62)59(42-23-18-19-24-42)43-27-25-39(37(2)32-43)33-40(36-56)52-58-47-34-41(54(3,4)5)26-30-48(47)65-52/h15-17,21-22,25-30,32-35,42,50H,6-14,18-20,23-24,31H2,1-5H3,(H,57,61)/b40-33+. The van der Waals surface area contributed by atoms with Gasteiger partial charge in [-0.25, -0.2) is 18.2 Å². The van der Waals surface area contributed by atoms with Gasteiger partial charge in [-0.2, -0.15) is 5.26 Å². The molecule has 1 unspecified atom stereocenters. The summed E-state index contributed by atoms with van der Waals surface area (Å²) in [4.78, 5) is 48.8. The van der Waals surface area contributed by atoms with Gasteiger partial charge in [-0.05, 0) is 96.8 Å². The molecule has 0 radical (unpaired) electrons. The van der Waals surface area contributed by atoms with Crippen molar-refractivity contribution < 1.29 is 32.0 Å². The third-order valence-electron chi connectivity index (χ3n) is 12.4. The molecule has 0 bridgehead atoms. The molecule has 2 amide bonds. The average Bonchev–Trinajstić information content (AvgIpc) is 4.00. The van der Waals surface area contributed by atoms with Gasteiger partial charge >= 0.3 is 6.09 Å². The van der Waals surface area contributed by atoms with Crippen molar-refractivity contribution in [3.8, 4) is 6.07 Å². The molecule has 5 aromatic rings. The van der Waals surface area contributed by atoms with E-state index in [0.717, 1.165) is 49.7 Å². The lowest BCUT2D eigenvalue weighted by atomic mass is 9.87. The molecule has 6 rings (SSSR count). The highest BCUT2D eigenvalue weighted by Crippen LogP contribution is 2.34. The number of ether oxygens (including phenoxy) is 1. The zero-order valence-corrected chi connectivity index (χ0v) is 41.0. The highest BCUT2D eigenvalue weighted by molar-refractivity contribution is 7.91. The minimum absolute atomic E-state index is 0.0227. The average molecular weight is 948 g/mol. The van der Waals surface area contributed by atoms with Crippen LogP contribution in [0.4, 0.5) is 16.2 Å². The van der Waals surface area contributed by atoms with Crippen molar-refractivity contribution in [2.45, 2.75) is 147 Å². The number of halogens is 1. The van der Waals surface area contributed by atoms with Crippen molar-refractivity contribution >= 4 is 73.3 Å². The van der Waals surface area contributed by atoms with E-state index in [1.165, 1.54) is 67.3 Å². The monoisotopic (exact) mass is 946 g/mol. The second-order valence-electron chi connectivity index (χ2n) is 18.6. The fourth-order valence-electron chi connectivity index (χ4n) is 8.43. The van der Waals surface area contributed by atoms with Crippen LogP contribution in [0.2, 0.25) is 5.02 Å². The number of amides is 2. The number of oxazole rings is 1. The lowest BCUT2D eigenvalue weighted by Crippen LogP contribution is -2.46. The molecule has 13 heteroatoms. The number of Topliss-reactive ketones (excluding diaryl/α,β-unsaturated/α-hetero) is 1. The number of nitriles is 1. The van der Waals surface area contributed by atoms with Gasteiger partial charge in [0.2, 0.25) is 17.8 Å². The van der Waals surface area contributed by atoms with E-state index in [1.54, 1.807) is 36.4 Å². The molecule has 1 atom stereocenters. The van der Waals surface area contributed by atoms with Crippen LogP contribution in [0.5, 0.6) is 0 Å². The summed E-state index contributed by atoms with van der Waals surface area (Å²) >= 11 is 6.60. The summed E-state index contributed by atoms with van der Waals surface area (Å²) in [5.41, 5.74) is 4.59. The minimum atomic E-state index is -3.65. The summed E-state index contributed by atoms with van der Waals surface area (Å²) in [6.07, 6.45) is 12.8. The van der Waals surface area contributed by atoms with Crippen LogP contribution >= 0.6 is 11.6 Å². The maximum atomic E-state index is 14.4. The molecule has 354 valence electrons. The Kier molecular flexibility index (Phi) is 17.6. The smallest absolute Gasteiger partial charge is 0.415 e. The lowest BCUT2D eigenvalue weighted by molar-refractivity contribution is -0.122. The Hall–Kier alpha value is -5.77. The number of anilines is 2. The topological polar surface area (TPSA) is 160 Å². The van der Waals surface area contributed by atoms with E-state index < -0.39 is 33.7 Å². The Labute approximate surface area is 400 Å². The number of allylic oxidation sites excluding steroid dienone is 1. The van der Waals surface area contributed by atoms with Crippen molar-refractivity contribution in [1.29, 1.82) is 5.26 Å². The second kappa shape index (κ2) is 23.3. The quantitative estimate of drug-likeness (QED) is 0.0327. The van der Waals surface area contributed by atoms with Crippen LogP contribution in [-0.4, -0.2) is 49.1 Å². The Morgan fingerprint density at radius 1 is 0.910 bits per heavy atom. The molecule has 1 heterocycles. The van der Waals surface area contributed by atoms with E-state index >= 15 is 0 Å². The Morgan fingerprint density at radius 2 is 1.58 bits per heavy atom. The van der Waals surface area contributed by atoms with Crippen molar-refractivity contribution in [3.63, 3.8) is 0 Å². The summed E-state index contributed by atoms with van der Waals surface area (Å²) in [7, 11) is -3.65. The maximum absolute atomic E-state index is 14.4. The molecule has 1 fully saturated rings. The first-order chi connectivity index (χ1) is 32.1. The molecule has 0 aliphatic heterocycles. The number of sulfone groups is 1. The molecule has 1 aromatic heterocycles. The zero-order chi connectivity index (χ0) is 48.1. The van der Waals surface area contributed by atoms with Crippen LogP contribution in [0.1, 0.15) is 151 Å². The number of hydrogen-bond donors (Lipinski definition) is 1. The van der Waals surface area contributed by atoms with E-state index in [0.29, 0.717) is 41.6 Å². The van der Waals surface area contributed by atoms with Crippen molar-refractivity contribution in [2.75, 3.05) is 16.0 Å². The first kappa shape index (κ1) is 50.6. The first-order valence-corrected chi connectivity index (χ1v) is 25.7. The Balaban J connectivity index is 1.18. The van der Waals surface area contributed by atoms with Crippen molar-refractivity contribution in [2.24, 2.45) is 0 Å². The van der Waals surface area contributed by atoms with Gasteiger partial charge in [-0.15, -0.1) is 0 Å². The van der Waals surface area contributed by atoms with E-state index in [1.807, 2.05) is 31.2 Å². The predicted molar refractivity (Wildman–Crippen MR) is 267 cm³/mol. The minimum Gasteiger partial charge on any atom is -0.435 e. The molecule has 0 spiro atoms. The number of fused-ring (bicyclic) bond motifs is 1. The lowest BCUT2D eigenvalue weighted by Gasteiger charge is -2.30. The number of ketones is 1. The number of rotatable bonds is 21. The highest BCUT2D eigenvalue weighted by atomic mass is 35.5. The summed E-state index contributed by atoms with van der Waals surface area (Å²) in [6, 6.07) is 25.2. The Morgan fingerprint density at radius 3 is 2.21 bits per heavy atom. The zero-order valence-electron chi connectivity index (χ0n) is 39.4. The number of carbonyl (C=O) groups is 3. The molecule has 11 nitrogen and oxygen atoms in total. The number of nitrogens with zero attached hydrogens (tertiary/aromatic N) is 3. The molecular formula is C54H63ClN4O7S. The third kappa shape index (κ3) is 13.4. The highest BCUT2D eigenvalue weighted by Gasteiger charge is 2.37. The predicted octanol–water partition coefficient (Wildman–Crippen LogP) is 13.6. The van der Waals surface area contributed by atoms with Crippen LogP contribution in [0.3, 0.4) is 0 Å². The number of benzene rings is 4. The fraction of sp³-hybridized carbons (Fsp3) is 0.426. The summed E-state index contributed by atoms with van der Waals surface area (Å²) in [5.74, 6) is -1.53. The molecule has 1 aliphatic carbocycles. The number of unbranched alkanes of at least 4 members (excludes halogenated alkanes) is 9. The summed E-state index contributed by atoms with van der Waals surface area (Å²) < 4.78 is 38.5. The van der Waals surface area contributed by atoms with E-state index in [-0.39, 0.29) is 49.8 Å². The molecule has 1 N–H and O–H groups in total. The summed E-state index contributed by atoms with van der Waals surface area (Å²) in [5, 5.41) is 12.8. The number of nitrogens with one attached hydrogen (secondary N) is 1. The molecule has 4 aromatic carbocycles. The molecule has 67 heavy (non-hydrogen) atoms. The summed E-state index contributed by atoms with van der Waals surface area (Å²) in [6.45, 7) is 10.4. The van der Waals surface area contributed by atoms with Gasteiger partial charge < -0.3 is 14.5 Å². The maximum Gasteiger partial charge on any atom is 0.415 e. The van der Waals surface area contributed by atoms with Gasteiger partial charge in [0, 0.05) is 17.3 Å². The van der Waals surface area contributed by atoms with Gasteiger partial charge in [-0.1, -0.05) is 152 Å².